The van der Waals surface area contributed by atoms with E-state index in [1.807, 2.05) is 6.07 Å². The number of nitrogens with one attached hydrogen (secondary N) is 2. The number of hydrogen-bond donors (Lipinski definition) is 4. The van der Waals surface area contributed by atoms with Gasteiger partial charge in [-0.3, -0.25) is 0 Å². The van der Waals surface area contributed by atoms with E-state index >= 15 is 0 Å². The zero-order valence-corrected chi connectivity index (χ0v) is 18.9. The van der Waals surface area contributed by atoms with Crippen LogP contribution in [0, 0.1) is 12.5 Å². The molecule has 1 fully saturated rings. The second kappa shape index (κ2) is 12.2. The molecule has 2 heterocycles. The van der Waals surface area contributed by atoms with Crippen LogP contribution < -0.4 is 10.6 Å². The first-order valence-electron chi connectivity index (χ1n) is 9.40. The molecular weight excluding hydrogens is 481 g/mol. The third-order valence-electron chi connectivity index (χ3n) is 4.81. The average molecular weight is 508 g/mol. The summed E-state index contributed by atoms with van der Waals surface area (Å²) in [6, 6.07) is 2.16. The van der Waals surface area contributed by atoms with Crippen LogP contribution >= 0.6 is 15.9 Å². The Balaban J connectivity index is 0.00000145. The van der Waals surface area contributed by atoms with Crippen molar-refractivity contribution < 1.29 is 25.2 Å². The van der Waals surface area contributed by atoms with Crippen molar-refractivity contribution in [2.24, 2.45) is 5.92 Å². The fourth-order valence-electron chi connectivity index (χ4n) is 3.38. The van der Waals surface area contributed by atoms with Crippen LogP contribution in [0.4, 0.5) is 11.6 Å². The van der Waals surface area contributed by atoms with Crippen molar-refractivity contribution in [1.82, 2.24) is 14.6 Å². The van der Waals surface area contributed by atoms with Gasteiger partial charge in [0, 0.05) is 7.11 Å². The zero-order chi connectivity index (χ0) is 21.2. The van der Waals surface area contributed by atoms with Crippen LogP contribution in [0.3, 0.4) is 0 Å². The molecule has 0 aromatic carbocycles. The van der Waals surface area contributed by atoms with Gasteiger partial charge < -0.3 is 5.11 Å². The predicted molar refractivity (Wildman–Crippen MR) is 117 cm³/mol. The Hall–Kier alpha value is -1.54. The van der Waals surface area contributed by atoms with E-state index in [9.17, 15) is 5.11 Å². The summed E-state index contributed by atoms with van der Waals surface area (Å²) in [6.07, 6.45) is 9.38. The van der Waals surface area contributed by atoms with Gasteiger partial charge in [-0.15, -0.1) is 0 Å². The van der Waals surface area contributed by atoms with Crippen molar-refractivity contribution >= 4 is 38.2 Å². The number of aliphatic hydroxyl groups is 2. The Morgan fingerprint density at radius 2 is 2.17 bits per heavy atom. The molecule has 0 radical (unpaired) electrons. The van der Waals surface area contributed by atoms with E-state index in [0.29, 0.717) is 6.54 Å². The normalized spacial score (nSPS) is 19.3. The molecule has 4 N–H and O–H groups in total. The second-order valence-electron chi connectivity index (χ2n) is 6.61. The second-order valence-corrected chi connectivity index (χ2v) is 7.75. The van der Waals surface area contributed by atoms with Gasteiger partial charge in [0.05, 0.1) is 0 Å². The van der Waals surface area contributed by atoms with Gasteiger partial charge >= 0.3 is 175 Å². The summed E-state index contributed by atoms with van der Waals surface area (Å²) in [5.41, 5.74) is 1.63. The molecule has 0 amide bonds. The fourth-order valence-corrected chi connectivity index (χ4v) is 3.92. The number of aromatic nitrogens is 3. The zero-order valence-electron chi connectivity index (χ0n) is 16.3. The Kier molecular flexibility index (Phi) is 10.0. The van der Waals surface area contributed by atoms with Gasteiger partial charge in [-0.1, -0.05) is 0 Å². The van der Waals surface area contributed by atoms with E-state index in [2.05, 4.69) is 31.7 Å². The summed E-state index contributed by atoms with van der Waals surface area (Å²) in [7, 11) is 1.00. The third kappa shape index (κ3) is 6.22. The fraction of sp³-hybridized carbons (Fsp3) is 0.450. The van der Waals surface area contributed by atoms with Gasteiger partial charge in [0.2, 0.25) is 0 Å². The molecule has 7 nitrogen and oxygen atoms in total. The van der Waals surface area contributed by atoms with E-state index in [1.54, 1.807) is 21.8 Å². The van der Waals surface area contributed by atoms with Crippen LogP contribution in [0.25, 0.3) is 5.65 Å². The Bertz CT molecular complexity index is 855. The van der Waals surface area contributed by atoms with Crippen LogP contribution in [0.1, 0.15) is 25.7 Å². The summed E-state index contributed by atoms with van der Waals surface area (Å²) in [4.78, 5) is 6.34. The molecule has 1 aliphatic carbocycles. The van der Waals surface area contributed by atoms with Gasteiger partial charge in [-0.05, 0) is 0 Å². The monoisotopic (exact) mass is 506 g/mol. The maximum atomic E-state index is 9.67. The number of rotatable bonds is 8. The molecule has 2 aromatic rings. The van der Waals surface area contributed by atoms with Gasteiger partial charge in [0.15, 0.2) is 0 Å². The van der Waals surface area contributed by atoms with Gasteiger partial charge in [-0.25, -0.2) is 0 Å². The maximum absolute atomic E-state index is 9.67. The number of halogens is 1. The van der Waals surface area contributed by atoms with E-state index in [0.717, 1.165) is 53.7 Å². The SMILES string of the molecule is CO.[CH-]=C/C=C(\[CH]=[Ni])CNc1cc(N[C@@H]2CCCC[C@@H]2CO)nc2c(Br)cnn12. The molecule has 1 aliphatic rings. The van der Waals surface area contributed by atoms with E-state index < -0.39 is 0 Å². The molecule has 2 atom stereocenters. The molecule has 0 bridgehead atoms. The number of hydrogen-bond acceptors (Lipinski definition) is 6. The molecule has 3 rings (SSSR count). The molecule has 29 heavy (non-hydrogen) atoms. The standard InChI is InChI=1S/C19H23BrN5O.CH4O.Ni/c1-3-6-13(2)10-21-18-9-17(24-19-15(20)11-22-25(18)19)23-16-8-5-4-7-14(16)12-26;1-2;/h1-3,6,9,11,14,16,21,26H,4-5,7-8,10,12H2,(H,23,24);2H,1H3;/q-1;;/b13-6+;;/t14-,16-;;/m1../s1. The number of allylic oxidation sites excluding steroid dienone is 2. The minimum absolute atomic E-state index is 0.195. The molecule has 0 saturated heterocycles. The number of fused-ring (bicyclic) bond motifs is 1. The van der Waals surface area contributed by atoms with Crippen LogP contribution in [0.15, 0.2) is 34.5 Å². The molecular formula is C20H27BrN5NiO2-. The molecule has 1 saturated carbocycles. The number of nitrogens with zero attached hydrogens (tertiary/aromatic N) is 3. The van der Waals surface area contributed by atoms with Crippen molar-refractivity contribution in [2.45, 2.75) is 31.7 Å². The van der Waals surface area contributed by atoms with Crippen LogP contribution in [0.5, 0.6) is 0 Å². The molecule has 162 valence electrons. The molecule has 9 heteroatoms. The third-order valence-corrected chi connectivity index (χ3v) is 5.73. The van der Waals surface area contributed by atoms with E-state index in [1.165, 1.54) is 12.5 Å². The quantitative estimate of drug-likeness (QED) is 0.249. The Morgan fingerprint density at radius 1 is 1.41 bits per heavy atom. The first-order chi connectivity index (χ1) is 14.2. The van der Waals surface area contributed by atoms with Gasteiger partial charge in [0.25, 0.3) is 0 Å². The van der Waals surface area contributed by atoms with Crippen molar-refractivity contribution in [3.05, 3.63) is 41.0 Å². The molecule has 0 aliphatic heterocycles. The van der Waals surface area contributed by atoms with Crippen molar-refractivity contribution in [1.29, 1.82) is 0 Å². The van der Waals surface area contributed by atoms with Crippen molar-refractivity contribution in [2.75, 3.05) is 30.9 Å². The minimum atomic E-state index is 0.195. The summed E-state index contributed by atoms with van der Waals surface area (Å²) in [5.74, 6) is 1.82. The van der Waals surface area contributed by atoms with Crippen LogP contribution in [-0.4, -0.2) is 56.1 Å². The molecule has 2 aromatic heterocycles. The summed E-state index contributed by atoms with van der Waals surface area (Å²) < 4.78 is 2.57. The van der Waals surface area contributed by atoms with Crippen LogP contribution in [-0.2, 0) is 15.0 Å². The van der Waals surface area contributed by atoms with Crippen LogP contribution in [0.2, 0.25) is 0 Å². The summed E-state index contributed by atoms with van der Waals surface area (Å²) in [5, 5.41) is 27.9. The Labute approximate surface area is 187 Å². The molecule has 0 unspecified atom stereocenters. The van der Waals surface area contributed by atoms with E-state index in [-0.39, 0.29) is 18.6 Å². The predicted octanol–water partition coefficient (Wildman–Crippen LogP) is 2.74. The first-order valence-corrected chi connectivity index (χ1v) is 10.8. The van der Waals surface area contributed by atoms with Crippen molar-refractivity contribution in [3.8, 4) is 0 Å². The number of anilines is 2. The first kappa shape index (κ1) is 23.7. The average Bonchev–Trinajstić information content (AvgIpc) is 3.13. The summed E-state index contributed by atoms with van der Waals surface area (Å²) in [6.45, 7) is 6.20. The summed E-state index contributed by atoms with van der Waals surface area (Å²) >= 11 is 8.23. The Morgan fingerprint density at radius 3 is 2.86 bits per heavy atom. The van der Waals surface area contributed by atoms with E-state index in [4.69, 9.17) is 31.7 Å². The van der Waals surface area contributed by atoms with Crippen molar-refractivity contribution in [3.63, 3.8) is 0 Å². The molecule has 0 spiro atoms. The topological polar surface area (TPSA) is 94.7 Å². The number of aliphatic hydroxyl groups excluding tert-OH is 2. The van der Waals surface area contributed by atoms with Gasteiger partial charge in [-0.2, -0.15) is 0 Å². The van der Waals surface area contributed by atoms with Gasteiger partial charge in [0.1, 0.15) is 0 Å².